The van der Waals surface area contributed by atoms with E-state index in [0.29, 0.717) is 46.0 Å². The highest BCUT2D eigenvalue weighted by molar-refractivity contribution is 8.16. The number of amidine groups is 1. The van der Waals surface area contributed by atoms with Crippen LogP contribution >= 0.6 is 35.0 Å². The monoisotopic (exact) mass is 518 g/mol. The number of halogens is 2. The topological polar surface area (TPSA) is 60.4 Å². The van der Waals surface area contributed by atoms with Crippen molar-refractivity contribution in [2.45, 2.75) is 33.4 Å². The number of rotatable bonds is 8. The summed E-state index contributed by atoms with van der Waals surface area (Å²) in [5.74, 6) is 0.794. The van der Waals surface area contributed by atoms with Crippen LogP contribution in [-0.2, 0) is 16.1 Å². The summed E-state index contributed by atoms with van der Waals surface area (Å²) in [5, 5.41) is 3.73. The lowest BCUT2D eigenvalue weighted by Gasteiger charge is -2.33. The normalized spacial score (nSPS) is 16.9. The molecule has 0 unspecified atom stereocenters. The molecule has 0 spiro atoms. The van der Waals surface area contributed by atoms with Crippen LogP contribution in [0.4, 0.5) is 0 Å². The fourth-order valence-electron chi connectivity index (χ4n) is 3.77. The molecular formula is C25H24Cl2N2O4S. The van der Waals surface area contributed by atoms with Gasteiger partial charge in [0.15, 0.2) is 16.7 Å². The zero-order valence-corrected chi connectivity index (χ0v) is 21.3. The molecule has 0 amide bonds. The Balaban J connectivity index is 1.67. The number of aliphatic imine (C=N–C) groups is 1. The molecule has 178 valence electrons. The van der Waals surface area contributed by atoms with Crippen molar-refractivity contribution in [1.29, 1.82) is 0 Å². The molecule has 2 aliphatic heterocycles. The quantitative estimate of drug-likeness (QED) is 0.360. The van der Waals surface area contributed by atoms with Gasteiger partial charge in [-0.25, -0.2) is 9.79 Å². The maximum absolute atomic E-state index is 12.9. The smallest absolute Gasteiger partial charge is 0.338 e. The molecule has 9 heteroatoms. The maximum atomic E-state index is 12.9. The molecule has 2 aromatic carbocycles. The van der Waals surface area contributed by atoms with Gasteiger partial charge in [-0.2, -0.15) is 0 Å². The van der Waals surface area contributed by atoms with E-state index in [1.54, 1.807) is 19.1 Å². The van der Waals surface area contributed by atoms with Crippen molar-refractivity contribution in [2.24, 2.45) is 4.99 Å². The summed E-state index contributed by atoms with van der Waals surface area (Å²) in [6.07, 6.45) is 1.93. The summed E-state index contributed by atoms with van der Waals surface area (Å²) in [4.78, 5) is 19.5. The van der Waals surface area contributed by atoms with Crippen LogP contribution in [0.2, 0.25) is 10.0 Å². The molecule has 6 nitrogen and oxygen atoms in total. The highest BCUT2D eigenvalue weighted by Gasteiger charge is 2.37. The second-order valence-corrected chi connectivity index (χ2v) is 9.19. The van der Waals surface area contributed by atoms with Gasteiger partial charge in [0.25, 0.3) is 0 Å². The molecule has 4 rings (SSSR count). The average molecular weight is 519 g/mol. The number of ether oxygens (including phenoxy) is 3. The largest absolute Gasteiger partial charge is 0.490 e. The van der Waals surface area contributed by atoms with Crippen LogP contribution in [0, 0.1) is 0 Å². The first-order valence-electron chi connectivity index (χ1n) is 10.8. The number of esters is 1. The van der Waals surface area contributed by atoms with E-state index in [1.807, 2.05) is 54.6 Å². The number of fused-ring (bicyclic) bond motifs is 1. The van der Waals surface area contributed by atoms with Crippen molar-refractivity contribution in [1.82, 2.24) is 4.90 Å². The van der Waals surface area contributed by atoms with Gasteiger partial charge >= 0.3 is 5.97 Å². The molecule has 0 fully saturated rings. The Morgan fingerprint density at radius 2 is 1.88 bits per heavy atom. The standard InChI is InChI=1S/C25H24Cl2N2O4S/c1-4-31-21-13-17(7-9-20(21)33-14-16-6-8-18(26)19(27)12-16)23-22(24(30)32-5-2)15(3)28-25-29(23)10-11-34-25/h6-13,23H,4-5,14H2,1-3H3/t23-/m0/s1. The van der Waals surface area contributed by atoms with Crippen LogP contribution in [-0.4, -0.2) is 29.3 Å². The third-order valence-electron chi connectivity index (χ3n) is 5.28. The Bertz CT molecular complexity index is 1200. The van der Waals surface area contributed by atoms with Crippen molar-refractivity contribution in [2.75, 3.05) is 13.2 Å². The summed E-state index contributed by atoms with van der Waals surface area (Å²) in [6.45, 7) is 6.59. The van der Waals surface area contributed by atoms with Crippen molar-refractivity contribution >= 4 is 46.1 Å². The van der Waals surface area contributed by atoms with E-state index in [1.165, 1.54) is 11.8 Å². The zero-order chi connectivity index (χ0) is 24.2. The van der Waals surface area contributed by atoms with E-state index >= 15 is 0 Å². The number of benzene rings is 2. The van der Waals surface area contributed by atoms with Gasteiger partial charge in [-0.15, -0.1) is 0 Å². The molecule has 0 bridgehead atoms. The molecule has 2 aliphatic rings. The fraction of sp³-hybridized carbons (Fsp3) is 0.280. The number of nitrogens with zero attached hydrogens (tertiary/aromatic N) is 2. The number of carbonyl (C=O) groups is 1. The van der Waals surface area contributed by atoms with Crippen LogP contribution in [0.5, 0.6) is 11.5 Å². The van der Waals surface area contributed by atoms with E-state index in [2.05, 4.69) is 4.99 Å². The van der Waals surface area contributed by atoms with Gasteiger partial charge in [-0.1, -0.05) is 47.1 Å². The van der Waals surface area contributed by atoms with Gasteiger partial charge in [-0.05, 0) is 61.6 Å². The molecule has 0 saturated heterocycles. The summed E-state index contributed by atoms with van der Waals surface area (Å²) in [5.41, 5.74) is 2.90. The van der Waals surface area contributed by atoms with Gasteiger partial charge in [0, 0.05) is 6.20 Å². The van der Waals surface area contributed by atoms with Gasteiger partial charge < -0.3 is 19.1 Å². The second-order valence-electron chi connectivity index (χ2n) is 7.50. The molecule has 0 aromatic heterocycles. The SMILES string of the molecule is CCOC(=O)C1=C(C)N=C2SC=CN2[C@H]1c1ccc(OCc2ccc(Cl)c(Cl)c2)c(OCC)c1. The maximum Gasteiger partial charge on any atom is 0.338 e. The molecule has 0 saturated carbocycles. The Kier molecular flexibility index (Phi) is 7.76. The third-order valence-corrected chi connectivity index (χ3v) is 6.79. The van der Waals surface area contributed by atoms with Gasteiger partial charge in [0.2, 0.25) is 0 Å². The van der Waals surface area contributed by atoms with Crippen LogP contribution in [0.25, 0.3) is 0 Å². The first-order chi connectivity index (χ1) is 16.4. The lowest BCUT2D eigenvalue weighted by molar-refractivity contribution is -0.139. The molecule has 2 heterocycles. The van der Waals surface area contributed by atoms with Crippen LogP contribution in [0.15, 0.2) is 64.3 Å². The average Bonchev–Trinajstić information content (AvgIpc) is 3.28. The van der Waals surface area contributed by atoms with E-state index in [0.717, 1.165) is 16.3 Å². The molecule has 34 heavy (non-hydrogen) atoms. The van der Waals surface area contributed by atoms with Crippen LogP contribution < -0.4 is 9.47 Å². The van der Waals surface area contributed by atoms with Crippen molar-refractivity contribution in [3.63, 3.8) is 0 Å². The molecule has 0 radical (unpaired) electrons. The number of thioether (sulfide) groups is 1. The molecule has 2 aromatic rings. The Hall–Kier alpha value is -2.61. The Morgan fingerprint density at radius 1 is 1.06 bits per heavy atom. The number of allylic oxidation sites excluding steroid dienone is 1. The lowest BCUT2D eigenvalue weighted by Crippen LogP contribution is -2.34. The summed E-state index contributed by atoms with van der Waals surface area (Å²) in [7, 11) is 0. The van der Waals surface area contributed by atoms with Crippen LogP contribution in [0.3, 0.4) is 0 Å². The Labute approximate surface area is 213 Å². The molecule has 1 atom stereocenters. The van der Waals surface area contributed by atoms with Crippen molar-refractivity contribution < 1.29 is 19.0 Å². The predicted octanol–water partition coefficient (Wildman–Crippen LogP) is 6.74. The van der Waals surface area contributed by atoms with Crippen molar-refractivity contribution in [3.05, 3.63) is 80.4 Å². The number of hydrogen-bond donors (Lipinski definition) is 0. The highest BCUT2D eigenvalue weighted by atomic mass is 35.5. The van der Waals surface area contributed by atoms with Gasteiger partial charge in [-0.3, -0.25) is 0 Å². The molecule has 0 N–H and O–H groups in total. The first kappa shape index (κ1) is 24.5. The lowest BCUT2D eigenvalue weighted by atomic mass is 9.94. The predicted molar refractivity (Wildman–Crippen MR) is 136 cm³/mol. The van der Waals surface area contributed by atoms with E-state index in [9.17, 15) is 4.79 Å². The minimum absolute atomic E-state index is 0.287. The summed E-state index contributed by atoms with van der Waals surface area (Å²) in [6, 6.07) is 10.7. The number of hydrogen-bond acceptors (Lipinski definition) is 7. The number of carbonyl (C=O) groups excluding carboxylic acids is 1. The minimum atomic E-state index is -0.388. The summed E-state index contributed by atoms with van der Waals surface area (Å²) < 4.78 is 17.3. The Morgan fingerprint density at radius 3 is 2.62 bits per heavy atom. The minimum Gasteiger partial charge on any atom is -0.490 e. The highest BCUT2D eigenvalue weighted by Crippen LogP contribution is 2.43. The van der Waals surface area contributed by atoms with Crippen molar-refractivity contribution in [3.8, 4) is 11.5 Å². The molecule has 0 aliphatic carbocycles. The zero-order valence-electron chi connectivity index (χ0n) is 19.0. The van der Waals surface area contributed by atoms with Gasteiger partial charge in [0.1, 0.15) is 6.61 Å². The fourth-order valence-corrected chi connectivity index (χ4v) is 4.88. The van der Waals surface area contributed by atoms with E-state index < -0.39 is 0 Å². The van der Waals surface area contributed by atoms with E-state index in [-0.39, 0.29) is 18.6 Å². The first-order valence-corrected chi connectivity index (χ1v) is 12.5. The third kappa shape index (κ3) is 5.06. The second kappa shape index (κ2) is 10.8. The summed E-state index contributed by atoms with van der Waals surface area (Å²) >= 11 is 13.6. The van der Waals surface area contributed by atoms with Gasteiger partial charge in [0.05, 0.1) is 40.6 Å². The van der Waals surface area contributed by atoms with Crippen LogP contribution in [0.1, 0.15) is 37.9 Å². The molecular weight excluding hydrogens is 495 g/mol. The van der Waals surface area contributed by atoms with E-state index in [4.69, 9.17) is 37.4 Å².